The average Bonchev–Trinajstić information content (AvgIpc) is 3.02. The van der Waals surface area contributed by atoms with Crippen molar-refractivity contribution >= 4 is 34.4 Å². The maximum atomic E-state index is 12.9. The fourth-order valence-corrected chi connectivity index (χ4v) is 3.60. The minimum atomic E-state index is -0.902. The predicted molar refractivity (Wildman–Crippen MR) is 114 cm³/mol. The third kappa shape index (κ3) is 3.30. The Morgan fingerprint density at radius 3 is 2.77 bits per heavy atom. The van der Waals surface area contributed by atoms with Crippen molar-refractivity contribution in [2.75, 3.05) is 12.4 Å². The minimum absolute atomic E-state index is 0.136. The SMILES string of the molecule is Cc1ccc2oc(C(=O)Nc3ccnc(C4(C)CC(=O)N(C)C(N)=N4)c3)c(C)c2c1. The van der Waals surface area contributed by atoms with Crippen molar-refractivity contribution in [3.05, 3.63) is 59.1 Å². The fourth-order valence-electron chi connectivity index (χ4n) is 3.60. The van der Waals surface area contributed by atoms with Gasteiger partial charge in [0.05, 0.1) is 12.1 Å². The molecule has 0 fully saturated rings. The molecule has 0 spiro atoms. The van der Waals surface area contributed by atoms with Gasteiger partial charge in [-0.3, -0.25) is 19.5 Å². The van der Waals surface area contributed by atoms with E-state index in [0.29, 0.717) is 17.0 Å². The Balaban J connectivity index is 1.63. The van der Waals surface area contributed by atoms with Crippen molar-refractivity contribution in [3.8, 4) is 0 Å². The molecule has 0 saturated heterocycles. The highest BCUT2D eigenvalue weighted by Crippen LogP contribution is 2.33. The van der Waals surface area contributed by atoms with E-state index in [1.54, 1.807) is 32.3 Å². The Labute approximate surface area is 173 Å². The molecule has 1 atom stereocenters. The van der Waals surface area contributed by atoms with Gasteiger partial charge in [-0.1, -0.05) is 11.6 Å². The van der Waals surface area contributed by atoms with E-state index in [1.807, 2.05) is 32.0 Å². The maximum absolute atomic E-state index is 12.9. The van der Waals surface area contributed by atoms with E-state index in [4.69, 9.17) is 10.2 Å². The number of fused-ring (bicyclic) bond motifs is 1. The van der Waals surface area contributed by atoms with E-state index in [0.717, 1.165) is 16.5 Å². The number of guanidine groups is 1. The molecule has 4 rings (SSSR count). The molecule has 2 amide bonds. The van der Waals surface area contributed by atoms with Gasteiger partial charge in [-0.15, -0.1) is 0 Å². The zero-order valence-corrected chi connectivity index (χ0v) is 17.3. The number of carbonyl (C=O) groups is 2. The Kier molecular flexibility index (Phi) is 4.57. The van der Waals surface area contributed by atoms with Crippen LogP contribution in [0.3, 0.4) is 0 Å². The zero-order valence-electron chi connectivity index (χ0n) is 17.3. The number of amides is 2. The van der Waals surface area contributed by atoms with Crippen LogP contribution >= 0.6 is 0 Å². The highest BCUT2D eigenvalue weighted by atomic mass is 16.3. The Hall–Kier alpha value is -3.68. The van der Waals surface area contributed by atoms with E-state index in [1.165, 1.54) is 4.90 Å². The molecular formula is C22H23N5O3. The molecule has 3 aromatic rings. The van der Waals surface area contributed by atoms with Gasteiger partial charge in [0.1, 0.15) is 11.1 Å². The number of nitrogens with zero attached hydrogens (tertiary/aromatic N) is 3. The lowest BCUT2D eigenvalue weighted by Crippen LogP contribution is -2.47. The van der Waals surface area contributed by atoms with Crippen LogP contribution in [0.4, 0.5) is 5.69 Å². The first-order chi connectivity index (χ1) is 14.2. The van der Waals surface area contributed by atoms with Gasteiger partial charge in [-0.2, -0.15) is 0 Å². The molecule has 1 unspecified atom stereocenters. The van der Waals surface area contributed by atoms with E-state index >= 15 is 0 Å². The number of aliphatic imine (C=N–C) groups is 1. The quantitative estimate of drug-likeness (QED) is 0.695. The van der Waals surface area contributed by atoms with E-state index in [2.05, 4.69) is 15.3 Å². The van der Waals surface area contributed by atoms with Crippen LogP contribution in [-0.2, 0) is 10.3 Å². The third-order valence-electron chi connectivity index (χ3n) is 5.44. The number of furan rings is 1. The summed E-state index contributed by atoms with van der Waals surface area (Å²) in [4.78, 5) is 35.2. The number of nitrogens with one attached hydrogen (secondary N) is 1. The van der Waals surface area contributed by atoms with Crippen molar-refractivity contribution in [2.24, 2.45) is 10.7 Å². The second kappa shape index (κ2) is 6.98. The molecule has 154 valence electrons. The second-order valence-electron chi connectivity index (χ2n) is 7.81. The van der Waals surface area contributed by atoms with Crippen molar-refractivity contribution < 1.29 is 14.0 Å². The van der Waals surface area contributed by atoms with Crippen molar-refractivity contribution in [1.82, 2.24) is 9.88 Å². The molecule has 0 bridgehead atoms. The largest absolute Gasteiger partial charge is 0.451 e. The Bertz CT molecular complexity index is 1210. The molecule has 3 N–H and O–H groups in total. The standard InChI is InChI=1S/C22H23N5O3/c1-12-5-6-16-15(9-12)13(2)19(30-16)20(29)25-14-7-8-24-17(10-14)22(3)11-18(28)27(4)21(23)26-22/h5-10H,11H2,1-4H3,(H2,23,26)(H,24,25,29). The lowest BCUT2D eigenvalue weighted by Gasteiger charge is -2.32. The number of hydrogen-bond acceptors (Lipinski definition) is 6. The highest BCUT2D eigenvalue weighted by molar-refractivity contribution is 6.06. The molecule has 1 aliphatic heterocycles. The number of pyridine rings is 1. The summed E-state index contributed by atoms with van der Waals surface area (Å²) in [6.07, 6.45) is 1.70. The second-order valence-corrected chi connectivity index (χ2v) is 7.81. The summed E-state index contributed by atoms with van der Waals surface area (Å²) in [5.41, 5.74) is 8.60. The number of aryl methyl sites for hydroxylation is 2. The van der Waals surface area contributed by atoms with Crippen LogP contribution in [0, 0.1) is 13.8 Å². The summed E-state index contributed by atoms with van der Waals surface area (Å²) >= 11 is 0. The van der Waals surface area contributed by atoms with E-state index in [9.17, 15) is 9.59 Å². The molecule has 8 heteroatoms. The summed E-state index contributed by atoms with van der Waals surface area (Å²) in [6, 6.07) is 9.18. The molecule has 3 heterocycles. The summed E-state index contributed by atoms with van der Waals surface area (Å²) < 4.78 is 5.78. The van der Waals surface area contributed by atoms with Crippen molar-refractivity contribution in [2.45, 2.75) is 32.7 Å². The van der Waals surface area contributed by atoms with Crippen LogP contribution in [-0.4, -0.2) is 34.7 Å². The number of hydrogen-bond donors (Lipinski definition) is 2. The molecule has 1 aliphatic rings. The van der Waals surface area contributed by atoms with Crippen LogP contribution < -0.4 is 11.1 Å². The maximum Gasteiger partial charge on any atom is 0.291 e. The topological polar surface area (TPSA) is 114 Å². The number of rotatable bonds is 3. The monoisotopic (exact) mass is 405 g/mol. The smallest absolute Gasteiger partial charge is 0.291 e. The first kappa shape index (κ1) is 19.6. The lowest BCUT2D eigenvalue weighted by atomic mass is 9.91. The summed E-state index contributed by atoms with van der Waals surface area (Å²) in [5.74, 6) is -0.101. The lowest BCUT2D eigenvalue weighted by molar-refractivity contribution is -0.128. The van der Waals surface area contributed by atoms with Gasteiger partial charge in [-0.25, -0.2) is 4.99 Å². The van der Waals surface area contributed by atoms with Gasteiger partial charge in [0.15, 0.2) is 11.7 Å². The predicted octanol–water partition coefficient (Wildman–Crippen LogP) is 3.09. The molecular weight excluding hydrogens is 382 g/mol. The van der Waals surface area contributed by atoms with Crippen LogP contribution in [0.15, 0.2) is 45.9 Å². The van der Waals surface area contributed by atoms with Gasteiger partial charge in [0, 0.05) is 29.9 Å². The van der Waals surface area contributed by atoms with E-state index in [-0.39, 0.29) is 30.0 Å². The van der Waals surface area contributed by atoms with Gasteiger partial charge in [-0.05, 0) is 45.0 Å². The first-order valence-electron chi connectivity index (χ1n) is 9.57. The summed E-state index contributed by atoms with van der Waals surface area (Å²) in [7, 11) is 1.59. The molecule has 0 saturated carbocycles. The molecule has 2 aromatic heterocycles. The Morgan fingerprint density at radius 2 is 2.03 bits per heavy atom. The van der Waals surface area contributed by atoms with Crippen LogP contribution in [0.2, 0.25) is 0 Å². The number of anilines is 1. The molecule has 30 heavy (non-hydrogen) atoms. The number of nitrogens with two attached hydrogens (primary N) is 1. The highest BCUT2D eigenvalue weighted by Gasteiger charge is 2.37. The molecule has 0 radical (unpaired) electrons. The summed E-state index contributed by atoms with van der Waals surface area (Å²) in [5, 5.41) is 3.77. The van der Waals surface area contributed by atoms with Crippen LogP contribution in [0.5, 0.6) is 0 Å². The third-order valence-corrected chi connectivity index (χ3v) is 5.44. The van der Waals surface area contributed by atoms with E-state index < -0.39 is 5.54 Å². The van der Waals surface area contributed by atoms with Crippen molar-refractivity contribution in [1.29, 1.82) is 0 Å². The van der Waals surface area contributed by atoms with Crippen LogP contribution in [0.1, 0.15) is 40.7 Å². The fraction of sp³-hybridized carbons (Fsp3) is 0.273. The van der Waals surface area contributed by atoms with Gasteiger partial charge in [0.2, 0.25) is 5.91 Å². The molecule has 0 aliphatic carbocycles. The number of carbonyl (C=O) groups excluding carboxylic acids is 2. The van der Waals surface area contributed by atoms with Crippen molar-refractivity contribution in [3.63, 3.8) is 0 Å². The normalized spacial score (nSPS) is 19.1. The van der Waals surface area contributed by atoms with Gasteiger partial charge < -0.3 is 15.5 Å². The first-order valence-corrected chi connectivity index (χ1v) is 9.57. The minimum Gasteiger partial charge on any atom is -0.451 e. The summed E-state index contributed by atoms with van der Waals surface area (Å²) in [6.45, 7) is 5.65. The molecule has 1 aromatic carbocycles. The molecule has 8 nitrogen and oxygen atoms in total. The number of benzene rings is 1. The van der Waals surface area contributed by atoms with Crippen LogP contribution in [0.25, 0.3) is 11.0 Å². The van der Waals surface area contributed by atoms with Gasteiger partial charge in [0.25, 0.3) is 5.91 Å². The number of aromatic nitrogens is 1. The Morgan fingerprint density at radius 1 is 1.27 bits per heavy atom. The zero-order chi connectivity index (χ0) is 21.6. The average molecular weight is 405 g/mol. The van der Waals surface area contributed by atoms with Gasteiger partial charge >= 0.3 is 0 Å².